The molecule has 0 saturated carbocycles. The minimum absolute atomic E-state index is 0.205. The largest absolute Gasteiger partial charge is 0.398 e. The van der Waals surface area contributed by atoms with Crippen LogP contribution in [0.2, 0.25) is 5.02 Å². The Bertz CT molecular complexity index is 357. The Labute approximate surface area is 101 Å². The summed E-state index contributed by atoms with van der Waals surface area (Å²) in [6, 6.07) is 5.06. The second-order valence-corrected chi connectivity index (χ2v) is 4.55. The summed E-state index contributed by atoms with van der Waals surface area (Å²) in [5, 5.41) is 3.20. The van der Waals surface area contributed by atoms with Gasteiger partial charge >= 0.3 is 0 Å². The van der Waals surface area contributed by atoms with E-state index in [9.17, 15) is 4.79 Å². The fourth-order valence-corrected chi connectivity index (χ4v) is 1.61. The van der Waals surface area contributed by atoms with Crippen LogP contribution in [-0.4, -0.2) is 12.5 Å². The van der Waals surface area contributed by atoms with Crippen molar-refractivity contribution in [2.24, 2.45) is 5.92 Å². The minimum atomic E-state index is -0.205. The molecule has 0 unspecified atom stereocenters. The van der Waals surface area contributed by atoms with Crippen LogP contribution < -0.4 is 11.1 Å². The molecule has 0 aliphatic rings. The molecule has 4 heteroatoms. The summed E-state index contributed by atoms with van der Waals surface area (Å²) < 4.78 is 0. The van der Waals surface area contributed by atoms with Crippen molar-refractivity contribution >= 4 is 23.2 Å². The van der Waals surface area contributed by atoms with Gasteiger partial charge in [-0.3, -0.25) is 4.79 Å². The molecule has 0 saturated heterocycles. The van der Waals surface area contributed by atoms with Gasteiger partial charge in [0.2, 0.25) is 0 Å². The van der Waals surface area contributed by atoms with E-state index in [1.165, 1.54) is 0 Å². The van der Waals surface area contributed by atoms with Gasteiger partial charge in [0, 0.05) is 12.2 Å². The Morgan fingerprint density at radius 1 is 1.50 bits per heavy atom. The van der Waals surface area contributed by atoms with Crippen LogP contribution in [0.4, 0.5) is 5.69 Å². The summed E-state index contributed by atoms with van der Waals surface area (Å²) in [4.78, 5) is 11.8. The number of carbonyl (C=O) groups is 1. The third kappa shape index (κ3) is 3.42. The van der Waals surface area contributed by atoms with Gasteiger partial charge in [-0.05, 0) is 24.5 Å². The number of carbonyl (C=O) groups excluding carboxylic acids is 1. The van der Waals surface area contributed by atoms with E-state index in [2.05, 4.69) is 19.2 Å². The fourth-order valence-electron chi connectivity index (χ4n) is 1.34. The molecule has 1 aromatic rings. The molecular weight excluding hydrogens is 224 g/mol. The molecule has 0 bridgehead atoms. The van der Waals surface area contributed by atoms with Gasteiger partial charge in [0.25, 0.3) is 5.91 Å². The summed E-state index contributed by atoms with van der Waals surface area (Å²) >= 11 is 5.93. The van der Waals surface area contributed by atoms with Crippen molar-refractivity contribution in [1.82, 2.24) is 5.32 Å². The van der Waals surface area contributed by atoms with Crippen molar-refractivity contribution in [3.05, 3.63) is 28.8 Å². The number of benzene rings is 1. The lowest BCUT2D eigenvalue weighted by atomic mass is 10.1. The molecule has 1 rings (SSSR count). The van der Waals surface area contributed by atoms with E-state index in [1.807, 2.05) is 0 Å². The molecule has 0 fully saturated rings. The van der Waals surface area contributed by atoms with E-state index in [4.69, 9.17) is 17.3 Å². The smallest absolute Gasteiger partial charge is 0.254 e. The van der Waals surface area contributed by atoms with Crippen molar-refractivity contribution in [3.8, 4) is 0 Å². The highest BCUT2D eigenvalue weighted by molar-refractivity contribution is 6.34. The fraction of sp³-hybridized carbons (Fsp3) is 0.417. The van der Waals surface area contributed by atoms with Gasteiger partial charge in [0.1, 0.15) is 0 Å². The van der Waals surface area contributed by atoms with Crippen LogP contribution in [0.5, 0.6) is 0 Å². The Morgan fingerprint density at radius 2 is 2.19 bits per heavy atom. The quantitative estimate of drug-likeness (QED) is 0.795. The molecule has 0 heterocycles. The number of nitrogen functional groups attached to an aromatic ring is 1. The van der Waals surface area contributed by atoms with Gasteiger partial charge in [0.05, 0.1) is 10.6 Å². The van der Waals surface area contributed by atoms with E-state index in [0.29, 0.717) is 28.7 Å². The van der Waals surface area contributed by atoms with E-state index in [1.54, 1.807) is 18.2 Å². The van der Waals surface area contributed by atoms with E-state index in [-0.39, 0.29) is 5.91 Å². The van der Waals surface area contributed by atoms with Crippen molar-refractivity contribution in [2.75, 3.05) is 12.3 Å². The van der Waals surface area contributed by atoms with Gasteiger partial charge in [-0.25, -0.2) is 0 Å². The zero-order valence-electron chi connectivity index (χ0n) is 9.59. The van der Waals surface area contributed by atoms with Crippen molar-refractivity contribution in [2.45, 2.75) is 20.3 Å². The lowest BCUT2D eigenvalue weighted by Gasteiger charge is -2.10. The number of hydrogen-bond acceptors (Lipinski definition) is 2. The maximum absolute atomic E-state index is 11.8. The highest BCUT2D eigenvalue weighted by Crippen LogP contribution is 2.21. The lowest BCUT2D eigenvalue weighted by molar-refractivity contribution is 0.0953. The van der Waals surface area contributed by atoms with Crippen molar-refractivity contribution in [1.29, 1.82) is 0 Å². The van der Waals surface area contributed by atoms with E-state index in [0.717, 1.165) is 6.42 Å². The maximum atomic E-state index is 11.8. The Kier molecular flexibility index (Phi) is 4.62. The van der Waals surface area contributed by atoms with Gasteiger partial charge in [-0.15, -0.1) is 0 Å². The summed E-state index contributed by atoms with van der Waals surface area (Å²) in [6.07, 6.45) is 0.941. The average molecular weight is 241 g/mol. The number of nitrogens with two attached hydrogens (primary N) is 1. The first-order valence-electron chi connectivity index (χ1n) is 5.34. The minimum Gasteiger partial charge on any atom is -0.398 e. The van der Waals surface area contributed by atoms with Crippen LogP contribution >= 0.6 is 11.6 Å². The lowest BCUT2D eigenvalue weighted by Crippen LogP contribution is -2.26. The van der Waals surface area contributed by atoms with Crippen molar-refractivity contribution < 1.29 is 4.79 Å². The SMILES string of the molecule is CC(C)CCNC(=O)c1c(N)cccc1Cl. The second kappa shape index (κ2) is 5.75. The topological polar surface area (TPSA) is 55.1 Å². The maximum Gasteiger partial charge on any atom is 0.254 e. The molecular formula is C12H17ClN2O. The van der Waals surface area contributed by atoms with Gasteiger partial charge in [0.15, 0.2) is 0 Å². The van der Waals surface area contributed by atoms with Crippen LogP contribution in [0, 0.1) is 5.92 Å². The van der Waals surface area contributed by atoms with Crippen LogP contribution in [0.15, 0.2) is 18.2 Å². The van der Waals surface area contributed by atoms with Gasteiger partial charge in [-0.1, -0.05) is 31.5 Å². The first-order valence-corrected chi connectivity index (χ1v) is 5.72. The standard InChI is InChI=1S/C12H17ClN2O/c1-8(2)6-7-15-12(16)11-9(13)4-3-5-10(11)14/h3-5,8H,6-7,14H2,1-2H3,(H,15,16). The molecule has 3 nitrogen and oxygen atoms in total. The number of halogens is 1. The molecule has 1 amide bonds. The zero-order valence-corrected chi connectivity index (χ0v) is 10.3. The predicted molar refractivity (Wildman–Crippen MR) is 67.7 cm³/mol. The molecule has 3 N–H and O–H groups in total. The van der Waals surface area contributed by atoms with E-state index >= 15 is 0 Å². The third-order valence-electron chi connectivity index (χ3n) is 2.28. The first-order chi connectivity index (χ1) is 7.52. The second-order valence-electron chi connectivity index (χ2n) is 4.14. The van der Waals surface area contributed by atoms with Crippen LogP contribution in [-0.2, 0) is 0 Å². The van der Waals surface area contributed by atoms with E-state index < -0.39 is 0 Å². The molecule has 0 aromatic heterocycles. The monoisotopic (exact) mass is 240 g/mol. The van der Waals surface area contributed by atoms with Crippen LogP contribution in [0.1, 0.15) is 30.6 Å². The first kappa shape index (κ1) is 12.8. The third-order valence-corrected chi connectivity index (χ3v) is 2.60. The predicted octanol–water partition coefficient (Wildman–Crippen LogP) is 2.70. The number of anilines is 1. The summed E-state index contributed by atoms with van der Waals surface area (Å²) in [5.74, 6) is 0.354. The highest BCUT2D eigenvalue weighted by atomic mass is 35.5. The van der Waals surface area contributed by atoms with Gasteiger partial charge < -0.3 is 11.1 Å². The molecule has 0 aliphatic carbocycles. The molecule has 1 aromatic carbocycles. The highest BCUT2D eigenvalue weighted by Gasteiger charge is 2.12. The molecule has 16 heavy (non-hydrogen) atoms. The number of amides is 1. The Hall–Kier alpha value is -1.22. The Morgan fingerprint density at radius 3 is 2.75 bits per heavy atom. The Balaban J connectivity index is 2.66. The van der Waals surface area contributed by atoms with Gasteiger partial charge in [-0.2, -0.15) is 0 Å². The molecule has 0 atom stereocenters. The summed E-state index contributed by atoms with van der Waals surface area (Å²) in [6.45, 7) is 4.85. The molecule has 0 aliphatic heterocycles. The molecule has 0 radical (unpaired) electrons. The average Bonchev–Trinajstić information content (AvgIpc) is 2.16. The summed E-state index contributed by atoms with van der Waals surface area (Å²) in [7, 11) is 0. The molecule has 88 valence electrons. The van der Waals surface area contributed by atoms with Crippen LogP contribution in [0.25, 0.3) is 0 Å². The number of nitrogens with one attached hydrogen (secondary N) is 1. The normalized spacial score (nSPS) is 10.5. The number of rotatable bonds is 4. The molecule has 0 spiro atoms. The number of hydrogen-bond donors (Lipinski definition) is 2. The zero-order chi connectivity index (χ0) is 12.1. The van der Waals surface area contributed by atoms with Crippen molar-refractivity contribution in [3.63, 3.8) is 0 Å². The summed E-state index contributed by atoms with van der Waals surface area (Å²) in [5.41, 5.74) is 6.49. The van der Waals surface area contributed by atoms with Crippen LogP contribution in [0.3, 0.4) is 0 Å².